The van der Waals surface area contributed by atoms with Gasteiger partial charge in [-0.2, -0.15) is 4.37 Å². The van der Waals surface area contributed by atoms with Gasteiger partial charge in [-0.25, -0.2) is 0 Å². The number of hydrogen-bond acceptors (Lipinski definition) is 3. The first kappa shape index (κ1) is 7.30. The van der Waals surface area contributed by atoms with E-state index in [4.69, 9.17) is 5.73 Å². The lowest BCUT2D eigenvalue weighted by Gasteiger charge is -1.89. The Labute approximate surface area is 81.7 Å². The van der Waals surface area contributed by atoms with Gasteiger partial charge >= 0.3 is 0 Å². The van der Waals surface area contributed by atoms with Crippen LogP contribution in [0.4, 0.5) is 5.82 Å². The monoisotopic (exact) mass is 276 g/mol. The molecular weight excluding hydrogens is 271 g/mol. The molecular formula is C7H5IN2S. The molecule has 0 fully saturated rings. The Morgan fingerprint density at radius 3 is 3.09 bits per heavy atom. The summed E-state index contributed by atoms with van der Waals surface area (Å²) in [6.45, 7) is 0. The number of fused-ring (bicyclic) bond motifs is 1. The predicted octanol–water partition coefficient (Wildman–Crippen LogP) is 2.48. The highest BCUT2D eigenvalue weighted by Crippen LogP contribution is 2.25. The third kappa shape index (κ3) is 1.20. The molecule has 0 aliphatic rings. The lowest BCUT2D eigenvalue weighted by molar-refractivity contribution is 1.58. The highest BCUT2D eigenvalue weighted by molar-refractivity contribution is 14.1. The molecule has 0 aliphatic carbocycles. The first-order valence-corrected chi connectivity index (χ1v) is 4.93. The summed E-state index contributed by atoms with van der Waals surface area (Å²) in [5.41, 5.74) is 5.64. The minimum absolute atomic E-state index is 0.642. The Bertz CT molecular complexity index is 396. The molecule has 11 heavy (non-hydrogen) atoms. The van der Waals surface area contributed by atoms with E-state index in [1.54, 1.807) is 0 Å². The zero-order chi connectivity index (χ0) is 7.84. The summed E-state index contributed by atoms with van der Waals surface area (Å²) in [6, 6.07) is 6.15. The topological polar surface area (TPSA) is 38.9 Å². The van der Waals surface area contributed by atoms with Crippen LogP contribution in [0.25, 0.3) is 10.1 Å². The van der Waals surface area contributed by atoms with Crippen LogP contribution in [0.3, 0.4) is 0 Å². The van der Waals surface area contributed by atoms with Crippen LogP contribution in [0, 0.1) is 3.57 Å². The molecule has 1 aromatic carbocycles. The number of benzene rings is 1. The Hall–Kier alpha value is -0.360. The first-order chi connectivity index (χ1) is 5.27. The quantitative estimate of drug-likeness (QED) is 0.751. The van der Waals surface area contributed by atoms with E-state index >= 15 is 0 Å². The average Bonchev–Trinajstić information content (AvgIpc) is 2.33. The van der Waals surface area contributed by atoms with Gasteiger partial charge in [0.15, 0.2) is 0 Å². The van der Waals surface area contributed by atoms with E-state index in [0.29, 0.717) is 5.82 Å². The summed E-state index contributed by atoms with van der Waals surface area (Å²) in [6.07, 6.45) is 0. The minimum atomic E-state index is 0.642. The Morgan fingerprint density at radius 2 is 2.27 bits per heavy atom. The van der Waals surface area contributed by atoms with E-state index in [1.807, 2.05) is 6.07 Å². The summed E-state index contributed by atoms with van der Waals surface area (Å²) >= 11 is 3.71. The van der Waals surface area contributed by atoms with Gasteiger partial charge in [0.1, 0.15) is 5.82 Å². The third-order valence-corrected chi connectivity index (χ3v) is 2.97. The third-order valence-electron chi connectivity index (χ3n) is 1.46. The summed E-state index contributed by atoms with van der Waals surface area (Å²) in [5.74, 6) is 0.642. The standard InChI is InChI=1S/C7H5IN2S/c8-4-1-2-6-5(3-4)7(9)10-11-6/h1-3H,(H2,9,10). The molecule has 0 amide bonds. The first-order valence-electron chi connectivity index (χ1n) is 3.08. The predicted molar refractivity (Wildman–Crippen MR) is 56.7 cm³/mol. The van der Waals surface area contributed by atoms with Crippen LogP contribution in [0.2, 0.25) is 0 Å². The van der Waals surface area contributed by atoms with Gasteiger partial charge in [-0.3, -0.25) is 0 Å². The van der Waals surface area contributed by atoms with Crippen molar-refractivity contribution in [3.05, 3.63) is 21.8 Å². The van der Waals surface area contributed by atoms with Crippen LogP contribution < -0.4 is 5.73 Å². The van der Waals surface area contributed by atoms with Crippen LogP contribution in [-0.2, 0) is 0 Å². The van der Waals surface area contributed by atoms with Gasteiger partial charge in [0.2, 0.25) is 0 Å². The zero-order valence-corrected chi connectivity index (χ0v) is 8.52. The maximum atomic E-state index is 5.64. The van der Waals surface area contributed by atoms with Gasteiger partial charge in [-0.15, -0.1) is 0 Å². The number of nitrogens with two attached hydrogens (primary N) is 1. The van der Waals surface area contributed by atoms with Gasteiger partial charge in [-0.05, 0) is 52.3 Å². The van der Waals surface area contributed by atoms with Crippen molar-refractivity contribution in [2.45, 2.75) is 0 Å². The molecule has 56 valence electrons. The highest BCUT2D eigenvalue weighted by Gasteiger charge is 2.01. The van der Waals surface area contributed by atoms with Crippen molar-refractivity contribution in [2.24, 2.45) is 0 Å². The molecule has 0 atom stereocenters. The van der Waals surface area contributed by atoms with Gasteiger partial charge < -0.3 is 5.73 Å². The second-order valence-electron chi connectivity index (χ2n) is 2.21. The van der Waals surface area contributed by atoms with Crippen LogP contribution in [0.15, 0.2) is 18.2 Å². The Balaban J connectivity index is 2.87. The van der Waals surface area contributed by atoms with Crippen molar-refractivity contribution in [1.29, 1.82) is 0 Å². The summed E-state index contributed by atoms with van der Waals surface area (Å²) in [4.78, 5) is 0. The van der Waals surface area contributed by atoms with Gasteiger partial charge in [-0.1, -0.05) is 0 Å². The van der Waals surface area contributed by atoms with E-state index in [9.17, 15) is 0 Å². The van der Waals surface area contributed by atoms with Crippen molar-refractivity contribution in [2.75, 3.05) is 5.73 Å². The smallest absolute Gasteiger partial charge is 0.145 e. The van der Waals surface area contributed by atoms with Gasteiger partial charge in [0.05, 0.1) is 4.70 Å². The van der Waals surface area contributed by atoms with Gasteiger partial charge in [0.25, 0.3) is 0 Å². The van der Waals surface area contributed by atoms with Crippen molar-refractivity contribution in [1.82, 2.24) is 4.37 Å². The molecule has 2 rings (SSSR count). The minimum Gasteiger partial charge on any atom is -0.382 e. The molecule has 1 heterocycles. The fourth-order valence-corrected chi connectivity index (χ4v) is 2.11. The molecule has 0 unspecified atom stereocenters. The zero-order valence-electron chi connectivity index (χ0n) is 5.54. The molecule has 4 heteroatoms. The van der Waals surface area contributed by atoms with E-state index in [0.717, 1.165) is 10.1 Å². The van der Waals surface area contributed by atoms with Crippen molar-refractivity contribution in [3.63, 3.8) is 0 Å². The van der Waals surface area contributed by atoms with Crippen LogP contribution in [0.1, 0.15) is 0 Å². The molecule has 0 spiro atoms. The number of nitrogens with zero attached hydrogens (tertiary/aromatic N) is 1. The summed E-state index contributed by atoms with van der Waals surface area (Å²) in [5, 5.41) is 1.07. The van der Waals surface area contributed by atoms with E-state index in [2.05, 4.69) is 39.1 Å². The Morgan fingerprint density at radius 1 is 1.45 bits per heavy atom. The fourth-order valence-electron chi connectivity index (χ4n) is 0.929. The van der Waals surface area contributed by atoms with E-state index < -0.39 is 0 Å². The summed E-state index contributed by atoms with van der Waals surface area (Å²) in [7, 11) is 0. The van der Waals surface area contributed by atoms with Gasteiger partial charge in [0, 0.05) is 8.96 Å². The number of nitrogen functional groups attached to an aromatic ring is 1. The lowest BCUT2D eigenvalue weighted by Crippen LogP contribution is -1.82. The van der Waals surface area contributed by atoms with Crippen molar-refractivity contribution in [3.8, 4) is 0 Å². The van der Waals surface area contributed by atoms with Crippen LogP contribution in [-0.4, -0.2) is 4.37 Å². The van der Waals surface area contributed by atoms with E-state index in [-0.39, 0.29) is 0 Å². The summed E-state index contributed by atoms with van der Waals surface area (Å²) < 4.78 is 6.40. The molecule has 2 N–H and O–H groups in total. The van der Waals surface area contributed by atoms with Crippen LogP contribution >= 0.6 is 34.1 Å². The average molecular weight is 276 g/mol. The number of aromatic nitrogens is 1. The number of hydrogen-bond donors (Lipinski definition) is 1. The normalized spacial score (nSPS) is 10.6. The maximum Gasteiger partial charge on any atom is 0.145 e. The maximum absolute atomic E-state index is 5.64. The second kappa shape index (κ2) is 2.60. The molecule has 0 aliphatic heterocycles. The van der Waals surface area contributed by atoms with E-state index in [1.165, 1.54) is 15.1 Å². The number of halogens is 1. The fraction of sp³-hybridized carbons (Fsp3) is 0. The molecule has 2 nitrogen and oxygen atoms in total. The lowest BCUT2D eigenvalue weighted by atomic mass is 10.3. The molecule has 1 aromatic heterocycles. The van der Waals surface area contributed by atoms with Crippen molar-refractivity contribution >= 4 is 50.0 Å². The van der Waals surface area contributed by atoms with Crippen molar-refractivity contribution < 1.29 is 0 Å². The number of rotatable bonds is 0. The largest absolute Gasteiger partial charge is 0.382 e. The molecule has 0 saturated heterocycles. The second-order valence-corrected chi connectivity index (χ2v) is 4.26. The van der Waals surface area contributed by atoms with Crippen LogP contribution in [0.5, 0.6) is 0 Å². The number of anilines is 1. The molecule has 0 bridgehead atoms. The molecule has 2 aromatic rings. The highest BCUT2D eigenvalue weighted by atomic mass is 127. The molecule has 0 radical (unpaired) electrons. The molecule has 0 saturated carbocycles. The SMILES string of the molecule is Nc1nsc2ccc(I)cc12. The Kier molecular flexibility index (Phi) is 1.72.